The number of nitrogens with two attached hydrogens (primary N) is 2. The lowest BCUT2D eigenvalue weighted by Gasteiger charge is -2.19. The fourth-order valence-corrected chi connectivity index (χ4v) is 8.12. The largest absolute Gasteiger partial charge is 0.505 e. The molecular formula is C34H28N6O8S2. The molecule has 0 amide bonds. The molecule has 0 radical (unpaired) electrons. The van der Waals surface area contributed by atoms with Crippen LogP contribution < -0.4 is 11.5 Å². The first-order valence-corrected chi connectivity index (χ1v) is 17.4. The Morgan fingerprint density at radius 2 is 0.920 bits per heavy atom. The molecule has 6 rings (SSSR count). The van der Waals surface area contributed by atoms with Crippen molar-refractivity contribution >= 4 is 64.5 Å². The van der Waals surface area contributed by atoms with E-state index in [9.17, 15) is 36.2 Å². The molecule has 0 saturated heterocycles. The standard InChI is InChI=1S/C34H28N6O8S2/c1-15-11-17(3-7-21(15)27-25-13-19(35)5-9-23(25)31(41)29(39-37)33(27)49(43,44)45)18-4-8-22(16(2)12-18)28-26-14-20(36)6-10-24(26)32(42)30(40-38)34(28)50(46,47)48/h3-14,37-38,41-42H,35-36H2,1-2H3,(H,43,44,45)(H,46,47,48). The number of hydrogen-bond donors (Lipinski definition) is 8. The minimum atomic E-state index is -5.02. The zero-order valence-corrected chi connectivity index (χ0v) is 27.8. The molecule has 0 saturated carbocycles. The van der Waals surface area contributed by atoms with Crippen LogP contribution in [-0.4, -0.2) is 36.2 Å². The lowest BCUT2D eigenvalue weighted by molar-refractivity contribution is 0.472. The van der Waals surface area contributed by atoms with Gasteiger partial charge in [0.25, 0.3) is 20.2 Å². The van der Waals surface area contributed by atoms with E-state index in [0.717, 1.165) is 0 Å². The third kappa shape index (κ3) is 5.45. The molecule has 0 aliphatic heterocycles. The normalized spacial score (nSPS) is 12.0. The number of nitrogens with one attached hydrogen (secondary N) is 2. The van der Waals surface area contributed by atoms with Crippen LogP contribution in [0.1, 0.15) is 11.1 Å². The molecule has 0 fully saturated rings. The van der Waals surface area contributed by atoms with Crippen molar-refractivity contribution in [2.75, 3.05) is 11.5 Å². The summed E-state index contributed by atoms with van der Waals surface area (Å²) in [6.07, 6.45) is 0. The van der Waals surface area contributed by atoms with E-state index < -0.39 is 52.9 Å². The van der Waals surface area contributed by atoms with Crippen molar-refractivity contribution in [3.05, 3.63) is 83.9 Å². The maximum atomic E-state index is 12.7. The molecule has 6 aromatic rings. The first-order chi connectivity index (χ1) is 23.5. The number of aromatic hydroxyl groups is 2. The molecule has 0 spiro atoms. The molecule has 16 heteroatoms. The Morgan fingerprint density at radius 3 is 1.22 bits per heavy atom. The topological polar surface area (TPSA) is 274 Å². The van der Waals surface area contributed by atoms with E-state index in [2.05, 4.69) is 10.2 Å². The number of nitrogen functional groups attached to an aromatic ring is 2. The second kappa shape index (κ2) is 11.9. The highest BCUT2D eigenvalue weighted by Gasteiger charge is 2.31. The molecule has 0 aliphatic carbocycles. The number of rotatable bonds is 7. The number of benzene rings is 6. The summed E-state index contributed by atoms with van der Waals surface area (Å²) in [6.45, 7) is 3.40. The van der Waals surface area contributed by atoms with Gasteiger partial charge in [0.1, 0.15) is 21.2 Å². The Labute approximate surface area is 285 Å². The molecule has 50 heavy (non-hydrogen) atoms. The van der Waals surface area contributed by atoms with Crippen molar-refractivity contribution in [2.24, 2.45) is 10.2 Å². The van der Waals surface area contributed by atoms with Crippen LogP contribution in [0.5, 0.6) is 11.5 Å². The number of phenolic OH excluding ortho intramolecular Hbond substituents is 2. The Bertz CT molecular complexity index is 2530. The monoisotopic (exact) mass is 712 g/mol. The van der Waals surface area contributed by atoms with Gasteiger partial charge in [-0.3, -0.25) is 9.11 Å². The fourth-order valence-electron chi connectivity index (χ4n) is 6.39. The lowest BCUT2D eigenvalue weighted by atomic mass is 9.89. The Hall–Kier alpha value is -5.94. The lowest BCUT2D eigenvalue weighted by Crippen LogP contribution is -2.04. The average Bonchev–Trinajstić information content (AvgIpc) is 3.04. The Balaban J connectivity index is 1.57. The second-order valence-electron chi connectivity index (χ2n) is 11.6. The van der Waals surface area contributed by atoms with Crippen molar-refractivity contribution < 1.29 is 36.2 Å². The molecular weight excluding hydrogens is 685 g/mol. The van der Waals surface area contributed by atoms with E-state index >= 15 is 0 Å². The maximum Gasteiger partial charge on any atom is 0.297 e. The van der Waals surface area contributed by atoms with Crippen LogP contribution in [0.3, 0.4) is 0 Å². The summed E-state index contributed by atoms with van der Waals surface area (Å²) in [7, 11) is -10.0. The number of fused-ring (bicyclic) bond motifs is 2. The van der Waals surface area contributed by atoms with Gasteiger partial charge in [0.2, 0.25) is 0 Å². The van der Waals surface area contributed by atoms with E-state index in [-0.39, 0.29) is 44.0 Å². The third-order valence-electron chi connectivity index (χ3n) is 8.53. The number of hydrogen-bond acceptors (Lipinski definition) is 12. The van der Waals surface area contributed by atoms with Gasteiger partial charge in [-0.15, -0.1) is 0 Å². The van der Waals surface area contributed by atoms with Crippen LogP contribution in [0, 0.1) is 24.9 Å². The van der Waals surface area contributed by atoms with Crippen LogP contribution in [-0.2, 0) is 20.2 Å². The van der Waals surface area contributed by atoms with Gasteiger partial charge in [0.05, 0.1) is 0 Å². The number of phenols is 2. The van der Waals surface area contributed by atoms with Gasteiger partial charge in [-0.1, -0.05) is 36.4 Å². The van der Waals surface area contributed by atoms with Crippen molar-refractivity contribution in [3.63, 3.8) is 0 Å². The van der Waals surface area contributed by atoms with Crippen LogP contribution in [0.4, 0.5) is 22.7 Å². The summed E-state index contributed by atoms with van der Waals surface area (Å²) in [5, 5.41) is 28.8. The number of aryl methyl sites for hydroxylation is 2. The Morgan fingerprint density at radius 1 is 0.560 bits per heavy atom. The second-order valence-corrected chi connectivity index (χ2v) is 14.4. The first kappa shape index (κ1) is 33.9. The van der Waals surface area contributed by atoms with E-state index in [4.69, 9.17) is 22.5 Å². The third-order valence-corrected chi connectivity index (χ3v) is 10.4. The van der Waals surface area contributed by atoms with Gasteiger partial charge in [-0.2, -0.15) is 27.1 Å². The molecule has 254 valence electrons. The summed E-state index contributed by atoms with van der Waals surface area (Å²) in [5.74, 6) is -1.22. The maximum absolute atomic E-state index is 12.7. The molecule has 0 atom stereocenters. The molecule has 0 unspecified atom stereocenters. The summed E-state index contributed by atoms with van der Waals surface area (Å²) in [4.78, 5) is -1.51. The van der Waals surface area contributed by atoms with Gasteiger partial charge in [-0.05, 0) is 94.4 Å². The predicted octanol–water partition coefficient (Wildman–Crippen LogP) is 8.00. The van der Waals surface area contributed by atoms with E-state index in [1.807, 2.05) is 0 Å². The number of anilines is 2. The summed E-state index contributed by atoms with van der Waals surface area (Å²) in [5.41, 5.74) is 29.5. The zero-order valence-electron chi connectivity index (χ0n) is 26.2. The molecule has 14 nitrogen and oxygen atoms in total. The quantitative estimate of drug-likeness (QED) is 0.0448. The average molecular weight is 713 g/mol. The minimum absolute atomic E-state index is 0.0129. The van der Waals surface area contributed by atoms with Crippen molar-refractivity contribution in [1.82, 2.24) is 0 Å². The summed E-state index contributed by atoms with van der Waals surface area (Å²) < 4.78 is 71.3. The van der Waals surface area contributed by atoms with Crippen LogP contribution >= 0.6 is 0 Å². The molecule has 0 heterocycles. The molecule has 0 aliphatic rings. The Kier molecular flexibility index (Phi) is 8.07. The van der Waals surface area contributed by atoms with E-state index in [0.29, 0.717) is 33.4 Å². The van der Waals surface area contributed by atoms with Crippen LogP contribution in [0.15, 0.2) is 92.8 Å². The highest BCUT2D eigenvalue weighted by molar-refractivity contribution is 7.86. The first-order valence-electron chi connectivity index (χ1n) is 14.6. The van der Waals surface area contributed by atoms with E-state index in [1.54, 1.807) is 50.2 Å². The zero-order chi connectivity index (χ0) is 36.4. The van der Waals surface area contributed by atoms with Crippen molar-refractivity contribution in [3.8, 4) is 44.9 Å². The van der Waals surface area contributed by atoms with Crippen LogP contribution in [0.2, 0.25) is 0 Å². The minimum Gasteiger partial charge on any atom is -0.505 e. The van der Waals surface area contributed by atoms with E-state index in [1.165, 1.54) is 36.4 Å². The van der Waals surface area contributed by atoms with Gasteiger partial charge >= 0.3 is 0 Å². The smallest absolute Gasteiger partial charge is 0.297 e. The fraction of sp³-hybridized carbons (Fsp3) is 0.0588. The summed E-state index contributed by atoms with van der Waals surface area (Å²) in [6, 6.07) is 18.9. The van der Waals surface area contributed by atoms with Gasteiger partial charge in [-0.25, -0.2) is 11.1 Å². The molecule has 0 bridgehead atoms. The van der Waals surface area contributed by atoms with Crippen molar-refractivity contribution in [1.29, 1.82) is 11.1 Å². The summed E-state index contributed by atoms with van der Waals surface area (Å²) >= 11 is 0. The highest BCUT2D eigenvalue weighted by atomic mass is 32.2. The SMILES string of the molecule is Cc1cc(-c2ccc(-c3c(S(=O)(=O)O)c(N=N)c(O)c4ccc(N)cc34)c(C)c2)ccc1-c1c(S(=O)(=O)O)c(N=N)c(O)c2ccc(N)cc12. The highest BCUT2D eigenvalue weighted by Crippen LogP contribution is 2.51. The number of nitrogens with zero attached hydrogens (tertiary/aromatic N) is 2. The van der Waals surface area contributed by atoms with Gasteiger partial charge < -0.3 is 21.7 Å². The van der Waals surface area contributed by atoms with Crippen LogP contribution in [0.25, 0.3) is 54.9 Å². The molecule has 0 aromatic heterocycles. The van der Waals surface area contributed by atoms with Crippen molar-refractivity contribution in [2.45, 2.75) is 23.6 Å². The molecule has 6 aromatic carbocycles. The van der Waals surface area contributed by atoms with Gasteiger partial charge in [0.15, 0.2) is 11.5 Å². The molecule has 10 N–H and O–H groups in total. The predicted molar refractivity (Wildman–Crippen MR) is 189 cm³/mol. The van der Waals surface area contributed by atoms with Gasteiger partial charge in [0, 0.05) is 33.3 Å².